The predicted molar refractivity (Wildman–Crippen MR) is 59.9 cm³/mol. The number of nitrogens with zero attached hydrogens (tertiary/aromatic N) is 2. The summed E-state index contributed by atoms with van der Waals surface area (Å²) in [6, 6.07) is 0. The molecule has 15 heavy (non-hydrogen) atoms. The molecule has 4 heteroatoms. The van der Waals surface area contributed by atoms with Gasteiger partial charge in [0.05, 0.1) is 40.1 Å². The van der Waals surface area contributed by atoms with Gasteiger partial charge in [0.15, 0.2) is 0 Å². The highest BCUT2D eigenvalue weighted by atomic mass is 16.5. The standard InChI is InChI=1S/C11H23N2O2/c1-5-15-9-11(14)10-6-7-12(8-10)13(2,3)4/h5,10-11,14H,1,6-9H2,2-4H3/q+1. The Labute approximate surface area is 92.3 Å². The summed E-state index contributed by atoms with van der Waals surface area (Å²) in [5, 5.41) is 12.2. The van der Waals surface area contributed by atoms with E-state index in [0.29, 0.717) is 12.5 Å². The van der Waals surface area contributed by atoms with E-state index in [1.165, 1.54) is 6.26 Å². The topological polar surface area (TPSA) is 32.7 Å². The van der Waals surface area contributed by atoms with Crippen LogP contribution < -0.4 is 0 Å². The Kier molecular flexibility index (Phi) is 4.13. The molecule has 0 bridgehead atoms. The van der Waals surface area contributed by atoms with Crippen molar-refractivity contribution in [2.75, 3.05) is 40.8 Å². The van der Waals surface area contributed by atoms with Gasteiger partial charge in [-0.3, -0.25) is 4.59 Å². The second-order valence-electron chi connectivity index (χ2n) is 4.97. The van der Waals surface area contributed by atoms with E-state index in [0.717, 1.165) is 24.1 Å². The van der Waals surface area contributed by atoms with Gasteiger partial charge in [-0.15, -0.1) is 0 Å². The van der Waals surface area contributed by atoms with Crippen molar-refractivity contribution in [3.05, 3.63) is 12.8 Å². The molecule has 88 valence electrons. The monoisotopic (exact) mass is 215 g/mol. The number of aliphatic hydroxyl groups is 1. The van der Waals surface area contributed by atoms with E-state index in [1.54, 1.807) is 0 Å². The van der Waals surface area contributed by atoms with Gasteiger partial charge in [0.25, 0.3) is 0 Å². The first-order valence-corrected chi connectivity index (χ1v) is 5.42. The molecular weight excluding hydrogens is 192 g/mol. The first kappa shape index (κ1) is 12.5. The van der Waals surface area contributed by atoms with Gasteiger partial charge < -0.3 is 9.84 Å². The third kappa shape index (κ3) is 3.48. The maximum atomic E-state index is 9.86. The van der Waals surface area contributed by atoms with Gasteiger partial charge in [-0.25, -0.2) is 0 Å². The van der Waals surface area contributed by atoms with Crippen molar-refractivity contribution in [3.8, 4) is 0 Å². The average molecular weight is 215 g/mol. The summed E-state index contributed by atoms with van der Waals surface area (Å²) in [6.07, 6.45) is 2.05. The van der Waals surface area contributed by atoms with Crippen LogP contribution in [0.25, 0.3) is 0 Å². The Morgan fingerprint density at radius 3 is 2.73 bits per heavy atom. The van der Waals surface area contributed by atoms with Gasteiger partial charge in [0.2, 0.25) is 0 Å². The number of quaternary nitrogens is 1. The van der Waals surface area contributed by atoms with E-state index < -0.39 is 0 Å². The number of hydrogen-bond donors (Lipinski definition) is 1. The SMILES string of the molecule is C=COCC(O)C1CCN([N+](C)(C)C)C1. The van der Waals surface area contributed by atoms with Crippen molar-refractivity contribution in [1.29, 1.82) is 0 Å². The predicted octanol–water partition coefficient (Wildman–Crippen LogP) is 0.450. The van der Waals surface area contributed by atoms with Crippen LogP contribution in [0.2, 0.25) is 0 Å². The molecule has 1 fully saturated rings. The normalized spacial score (nSPS) is 25.2. The van der Waals surface area contributed by atoms with E-state index in [4.69, 9.17) is 4.74 Å². The molecular formula is C11H23N2O2+. The van der Waals surface area contributed by atoms with Crippen molar-refractivity contribution in [2.45, 2.75) is 12.5 Å². The van der Waals surface area contributed by atoms with Crippen LogP contribution in [0.4, 0.5) is 0 Å². The summed E-state index contributed by atoms with van der Waals surface area (Å²) >= 11 is 0. The minimum atomic E-state index is -0.375. The molecule has 1 saturated heterocycles. The van der Waals surface area contributed by atoms with E-state index >= 15 is 0 Å². The summed E-state index contributed by atoms with van der Waals surface area (Å²) in [4.78, 5) is 0. The van der Waals surface area contributed by atoms with Crippen LogP contribution in [0.5, 0.6) is 0 Å². The number of rotatable bonds is 5. The second kappa shape index (κ2) is 4.96. The third-order valence-corrected chi connectivity index (χ3v) is 2.98. The van der Waals surface area contributed by atoms with Gasteiger partial charge in [-0.05, 0) is 6.42 Å². The molecule has 1 aliphatic heterocycles. The molecule has 0 saturated carbocycles. The zero-order chi connectivity index (χ0) is 11.5. The Balaban J connectivity index is 2.38. The maximum absolute atomic E-state index is 9.86. The molecule has 1 N–H and O–H groups in total. The summed E-state index contributed by atoms with van der Waals surface area (Å²) in [7, 11) is 6.44. The Hall–Kier alpha value is -0.580. The van der Waals surface area contributed by atoms with Gasteiger partial charge in [0.1, 0.15) is 6.61 Å². The zero-order valence-electron chi connectivity index (χ0n) is 10.0. The Bertz CT molecular complexity index is 213. The van der Waals surface area contributed by atoms with Gasteiger partial charge in [-0.2, -0.15) is 5.01 Å². The molecule has 1 heterocycles. The number of aliphatic hydroxyl groups excluding tert-OH is 1. The first-order valence-electron chi connectivity index (χ1n) is 5.42. The summed E-state index contributed by atoms with van der Waals surface area (Å²) in [6.45, 7) is 5.80. The highest BCUT2D eigenvalue weighted by Crippen LogP contribution is 2.22. The molecule has 0 aromatic rings. The van der Waals surface area contributed by atoms with E-state index in [-0.39, 0.29) is 6.10 Å². The van der Waals surface area contributed by atoms with E-state index in [9.17, 15) is 5.11 Å². The molecule has 0 amide bonds. The lowest BCUT2D eigenvalue weighted by molar-refractivity contribution is -0.985. The van der Waals surface area contributed by atoms with Crippen molar-refractivity contribution >= 4 is 0 Å². The lowest BCUT2D eigenvalue weighted by Crippen LogP contribution is -2.50. The third-order valence-electron chi connectivity index (χ3n) is 2.98. The highest BCUT2D eigenvalue weighted by molar-refractivity contribution is 4.77. The fourth-order valence-corrected chi connectivity index (χ4v) is 1.93. The first-order chi connectivity index (χ1) is 6.95. The fourth-order valence-electron chi connectivity index (χ4n) is 1.93. The molecule has 0 spiro atoms. The Morgan fingerprint density at radius 1 is 1.60 bits per heavy atom. The quantitative estimate of drug-likeness (QED) is 0.534. The fraction of sp³-hybridized carbons (Fsp3) is 0.818. The Morgan fingerprint density at radius 2 is 2.27 bits per heavy atom. The van der Waals surface area contributed by atoms with E-state index in [2.05, 4.69) is 32.7 Å². The van der Waals surface area contributed by atoms with Gasteiger partial charge >= 0.3 is 0 Å². The molecule has 1 rings (SSSR count). The lowest BCUT2D eigenvalue weighted by Gasteiger charge is -2.33. The highest BCUT2D eigenvalue weighted by Gasteiger charge is 2.34. The number of ether oxygens (including phenoxy) is 1. The van der Waals surface area contributed by atoms with Crippen molar-refractivity contribution < 1.29 is 14.4 Å². The minimum absolute atomic E-state index is 0.322. The molecule has 0 radical (unpaired) electrons. The maximum Gasteiger partial charge on any atom is 0.113 e. The summed E-state index contributed by atoms with van der Waals surface area (Å²) in [5.41, 5.74) is 0. The molecule has 0 aromatic carbocycles. The number of hydrogen-bond acceptors (Lipinski definition) is 3. The van der Waals surface area contributed by atoms with Crippen molar-refractivity contribution in [1.82, 2.24) is 5.01 Å². The van der Waals surface area contributed by atoms with Crippen LogP contribution in [0.15, 0.2) is 12.8 Å². The molecule has 2 unspecified atom stereocenters. The lowest BCUT2D eigenvalue weighted by atomic mass is 10.0. The van der Waals surface area contributed by atoms with Crippen LogP contribution in [-0.2, 0) is 4.74 Å². The molecule has 0 aliphatic carbocycles. The molecule has 2 atom stereocenters. The van der Waals surface area contributed by atoms with Crippen molar-refractivity contribution in [3.63, 3.8) is 0 Å². The van der Waals surface area contributed by atoms with Crippen LogP contribution >= 0.6 is 0 Å². The molecule has 0 aromatic heterocycles. The largest absolute Gasteiger partial charge is 0.499 e. The van der Waals surface area contributed by atoms with Crippen molar-refractivity contribution in [2.24, 2.45) is 5.92 Å². The summed E-state index contributed by atoms with van der Waals surface area (Å²) in [5.74, 6) is 0.322. The molecule has 1 aliphatic rings. The smallest absolute Gasteiger partial charge is 0.113 e. The second-order valence-corrected chi connectivity index (χ2v) is 4.97. The minimum Gasteiger partial charge on any atom is -0.499 e. The van der Waals surface area contributed by atoms with Crippen LogP contribution in [0, 0.1) is 5.92 Å². The van der Waals surface area contributed by atoms with Gasteiger partial charge in [-0.1, -0.05) is 6.58 Å². The van der Waals surface area contributed by atoms with E-state index in [1.807, 2.05) is 0 Å². The molecule has 4 nitrogen and oxygen atoms in total. The van der Waals surface area contributed by atoms with Crippen LogP contribution in [0.3, 0.4) is 0 Å². The van der Waals surface area contributed by atoms with Crippen LogP contribution in [0.1, 0.15) is 6.42 Å². The zero-order valence-corrected chi connectivity index (χ0v) is 10.0. The van der Waals surface area contributed by atoms with Gasteiger partial charge in [0, 0.05) is 12.5 Å². The summed E-state index contributed by atoms with van der Waals surface area (Å²) < 4.78 is 5.84. The van der Waals surface area contributed by atoms with Crippen LogP contribution in [-0.4, -0.2) is 61.7 Å². The average Bonchev–Trinajstić information content (AvgIpc) is 2.62.